The summed E-state index contributed by atoms with van der Waals surface area (Å²) in [5.41, 5.74) is 3.27. The minimum atomic E-state index is -0.505. The molecule has 3 nitrogen and oxygen atoms in total. The van der Waals surface area contributed by atoms with E-state index in [-0.39, 0.29) is 0 Å². The molecule has 0 saturated heterocycles. The van der Waals surface area contributed by atoms with Crippen molar-refractivity contribution in [2.24, 2.45) is 0 Å². The summed E-state index contributed by atoms with van der Waals surface area (Å²) in [5.74, 6) is 0.781. The molecule has 1 aliphatic rings. The molecule has 0 spiro atoms. The summed E-state index contributed by atoms with van der Waals surface area (Å²) in [6.45, 7) is 4.73. The van der Waals surface area contributed by atoms with Gasteiger partial charge < -0.3 is 15.2 Å². The fourth-order valence-corrected chi connectivity index (χ4v) is 2.77. The van der Waals surface area contributed by atoms with Crippen LogP contribution in [-0.4, -0.2) is 24.8 Å². The summed E-state index contributed by atoms with van der Waals surface area (Å²) in [5, 5.41) is 13.8. The van der Waals surface area contributed by atoms with Crippen LogP contribution in [0.1, 0.15) is 48.5 Å². The van der Waals surface area contributed by atoms with E-state index in [0.29, 0.717) is 12.6 Å². The molecule has 0 aromatic heterocycles. The van der Waals surface area contributed by atoms with Gasteiger partial charge >= 0.3 is 0 Å². The van der Waals surface area contributed by atoms with Crippen molar-refractivity contribution < 1.29 is 9.84 Å². The molecular formula is C16H25NO2. The first-order chi connectivity index (χ1) is 9.11. The number of nitrogens with one attached hydrogen (secondary N) is 1. The van der Waals surface area contributed by atoms with E-state index < -0.39 is 6.10 Å². The van der Waals surface area contributed by atoms with Crippen LogP contribution in [0.2, 0.25) is 0 Å². The van der Waals surface area contributed by atoms with Crippen LogP contribution in [0.25, 0.3) is 0 Å². The first kappa shape index (κ1) is 14.4. The highest BCUT2D eigenvalue weighted by Crippen LogP contribution is 2.28. The van der Waals surface area contributed by atoms with Gasteiger partial charge in [-0.05, 0) is 49.9 Å². The Hall–Kier alpha value is -1.06. The fraction of sp³-hybridized carbons (Fsp3) is 0.625. The van der Waals surface area contributed by atoms with Crippen LogP contribution in [0.4, 0.5) is 0 Å². The molecule has 0 aliphatic heterocycles. The maximum atomic E-state index is 10.4. The molecule has 2 N–H and O–H groups in total. The molecule has 1 unspecified atom stereocenters. The molecule has 1 fully saturated rings. The van der Waals surface area contributed by atoms with E-state index in [1.54, 1.807) is 7.11 Å². The maximum absolute atomic E-state index is 10.4. The Morgan fingerprint density at radius 1 is 1.26 bits per heavy atom. The second kappa shape index (κ2) is 6.40. The minimum Gasteiger partial charge on any atom is -0.496 e. The van der Waals surface area contributed by atoms with Gasteiger partial charge in [-0.1, -0.05) is 12.8 Å². The van der Waals surface area contributed by atoms with Crippen molar-refractivity contribution in [1.29, 1.82) is 0 Å². The first-order valence-electron chi connectivity index (χ1n) is 7.18. The van der Waals surface area contributed by atoms with Crippen molar-refractivity contribution >= 4 is 0 Å². The molecule has 1 aromatic carbocycles. The van der Waals surface area contributed by atoms with Crippen molar-refractivity contribution in [3.8, 4) is 5.75 Å². The zero-order chi connectivity index (χ0) is 13.8. The summed E-state index contributed by atoms with van der Waals surface area (Å²) in [4.78, 5) is 0. The zero-order valence-corrected chi connectivity index (χ0v) is 12.2. The molecule has 0 heterocycles. The molecule has 1 aromatic rings. The number of hydrogen-bond acceptors (Lipinski definition) is 3. The molecule has 0 amide bonds. The predicted molar refractivity (Wildman–Crippen MR) is 77.7 cm³/mol. The SMILES string of the molecule is COc1cc(C)c(C)cc1C(O)CNC1CCCC1. The van der Waals surface area contributed by atoms with Crippen LogP contribution >= 0.6 is 0 Å². The topological polar surface area (TPSA) is 41.5 Å². The molecule has 0 bridgehead atoms. The molecular weight excluding hydrogens is 238 g/mol. The van der Waals surface area contributed by atoms with Gasteiger partial charge in [0, 0.05) is 18.2 Å². The van der Waals surface area contributed by atoms with Gasteiger partial charge in [-0.3, -0.25) is 0 Å². The number of aryl methyl sites for hydroxylation is 2. The van der Waals surface area contributed by atoms with Gasteiger partial charge in [-0.25, -0.2) is 0 Å². The zero-order valence-electron chi connectivity index (χ0n) is 12.2. The van der Waals surface area contributed by atoms with E-state index in [2.05, 4.69) is 19.2 Å². The van der Waals surface area contributed by atoms with Crippen LogP contribution in [-0.2, 0) is 0 Å². The normalized spacial score (nSPS) is 17.7. The van der Waals surface area contributed by atoms with Crippen LogP contribution in [0.5, 0.6) is 5.75 Å². The molecule has 3 heteroatoms. The van der Waals surface area contributed by atoms with Crippen molar-refractivity contribution in [3.63, 3.8) is 0 Å². The smallest absolute Gasteiger partial charge is 0.124 e. The van der Waals surface area contributed by atoms with Gasteiger partial charge in [0.15, 0.2) is 0 Å². The van der Waals surface area contributed by atoms with Gasteiger partial charge in [-0.15, -0.1) is 0 Å². The van der Waals surface area contributed by atoms with Crippen LogP contribution in [0, 0.1) is 13.8 Å². The highest BCUT2D eigenvalue weighted by molar-refractivity contribution is 5.43. The third-order valence-electron chi connectivity index (χ3n) is 4.16. The molecule has 0 radical (unpaired) electrons. The number of rotatable bonds is 5. The lowest BCUT2D eigenvalue weighted by Gasteiger charge is -2.19. The maximum Gasteiger partial charge on any atom is 0.124 e. The van der Waals surface area contributed by atoms with Crippen molar-refractivity contribution in [3.05, 3.63) is 28.8 Å². The van der Waals surface area contributed by atoms with Crippen LogP contribution in [0.3, 0.4) is 0 Å². The van der Waals surface area contributed by atoms with Gasteiger partial charge in [0.05, 0.1) is 13.2 Å². The summed E-state index contributed by atoms with van der Waals surface area (Å²) >= 11 is 0. The van der Waals surface area contributed by atoms with E-state index in [1.165, 1.54) is 36.8 Å². The van der Waals surface area contributed by atoms with Gasteiger partial charge in [0.2, 0.25) is 0 Å². The Bertz CT molecular complexity index is 425. The number of aliphatic hydroxyl groups is 1. The highest BCUT2D eigenvalue weighted by Gasteiger charge is 2.18. The van der Waals surface area contributed by atoms with E-state index in [4.69, 9.17) is 4.74 Å². The summed E-state index contributed by atoms with van der Waals surface area (Å²) in [7, 11) is 1.66. The summed E-state index contributed by atoms with van der Waals surface area (Å²) in [6, 6.07) is 4.62. The number of benzene rings is 1. The quantitative estimate of drug-likeness (QED) is 0.858. The third kappa shape index (κ3) is 3.48. The van der Waals surface area contributed by atoms with E-state index >= 15 is 0 Å². The van der Waals surface area contributed by atoms with Crippen molar-refractivity contribution in [1.82, 2.24) is 5.32 Å². The second-order valence-electron chi connectivity index (χ2n) is 5.58. The predicted octanol–water partition coefficient (Wildman–Crippen LogP) is 2.88. The highest BCUT2D eigenvalue weighted by atomic mass is 16.5. The second-order valence-corrected chi connectivity index (χ2v) is 5.58. The average molecular weight is 263 g/mol. The Labute approximate surface area is 116 Å². The van der Waals surface area contributed by atoms with Crippen molar-refractivity contribution in [2.45, 2.75) is 51.7 Å². The van der Waals surface area contributed by atoms with E-state index in [9.17, 15) is 5.11 Å². The standard InChI is InChI=1S/C16H25NO2/c1-11-8-14(16(19-3)9-12(11)2)15(18)10-17-13-6-4-5-7-13/h8-9,13,15,17-18H,4-7,10H2,1-3H3. The average Bonchev–Trinajstić information content (AvgIpc) is 2.91. The minimum absolute atomic E-state index is 0.505. The lowest BCUT2D eigenvalue weighted by molar-refractivity contribution is 0.166. The Balaban J connectivity index is 2.04. The van der Waals surface area contributed by atoms with Gasteiger partial charge in [-0.2, -0.15) is 0 Å². The van der Waals surface area contributed by atoms with E-state index in [0.717, 1.165) is 11.3 Å². The number of ether oxygens (including phenoxy) is 1. The molecule has 1 aliphatic carbocycles. The number of hydrogen-bond donors (Lipinski definition) is 2. The van der Waals surface area contributed by atoms with Crippen LogP contribution in [0.15, 0.2) is 12.1 Å². The van der Waals surface area contributed by atoms with Gasteiger partial charge in [0.25, 0.3) is 0 Å². The van der Waals surface area contributed by atoms with Crippen LogP contribution < -0.4 is 10.1 Å². The molecule has 1 saturated carbocycles. The largest absolute Gasteiger partial charge is 0.496 e. The lowest BCUT2D eigenvalue weighted by atomic mass is 10.0. The molecule has 19 heavy (non-hydrogen) atoms. The monoisotopic (exact) mass is 263 g/mol. The molecule has 106 valence electrons. The summed E-state index contributed by atoms with van der Waals surface area (Å²) in [6.07, 6.45) is 4.57. The lowest BCUT2D eigenvalue weighted by Crippen LogP contribution is -2.30. The van der Waals surface area contributed by atoms with Crippen molar-refractivity contribution in [2.75, 3.05) is 13.7 Å². The summed E-state index contributed by atoms with van der Waals surface area (Å²) < 4.78 is 5.39. The molecule has 1 atom stereocenters. The third-order valence-corrected chi connectivity index (χ3v) is 4.16. The number of aliphatic hydroxyl groups excluding tert-OH is 1. The Kier molecular flexibility index (Phi) is 4.83. The Morgan fingerprint density at radius 3 is 2.53 bits per heavy atom. The number of methoxy groups -OCH3 is 1. The fourth-order valence-electron chi connectivity index (χ4n) is 2.77. The first-order valence-corrected chi connectivity index (χ1v) is 7.18. The van der Waals surface area contributed by atoms with E-state index in [1.807, 2.05) is 12.1 Å². The van der Waals surface area contributed by atoms with Gasteiger partial charge in [0.1, 0.15) is 5.75 Å². The Morgan fingerprint density at radius 2 is 1.89 bits per heavy atom. The molecule has 2 rings (SSSR count).